The first-order chi connectivity index (χ1) is 11.5. The van der Waals surface area contributed by atoms with E-state index < -0.39 is 12.0 Å². The molecule has 1 aliphatic rings. The molecule has 1 aromatic carbocycles. The van der Waals surface area contributed by atoms with Crippen molar-refractivity contribution in [2.24, 2.45) is 0 Å². The molecule has 2 rings (SSSR count). The van der Waals surface area contributed by atoms with E-state index in [-0.39, 0.29) is 19.2 Å². The highest BCUT2D eigenvalue weighted by atomic mass is 79.9. The van der Waals surface area contributed by atoms with Crippen molar-refractivity contribution >= 4 is 39.5 Å². The second-order valence-electron chi connectivity index (χ2n) is 5.04. The summed E-state index contributed by atoms with van der Waals surface area (Å²) in [6, 6.07) is 4.32. The minimum atomic E-state index is -0.467. The highest BCUT2D eigenvalue weighted by Gasteiger charge is 2.31. The molecule has 0 fully saturated rings. The van der Waals surface area contributed by atoms with E-state index in [0.717, 1.165) is 0 Å². The fourth-order valence-corrected chi connectivity index (χ4v) is 3.11. The summed E-state index contributed by atoms with van der Waals surface area (Å²) in [6.07, 6.45) is 0.565. The largest absolute Gasteiger partial charge is 0.486 e. The van der Waals surface area contributed by atoms with Gasteiger partial charge in [0, 0.05) is 5.02 Å². The molecule has 8 heteroatoms. The quantitative estimate of drug-likeness (QED) is 0.696. The predicted molar refractivity (Wildman–Crippen MR) is 94.1 cm³/mol. The maximum absolute atomic E-state index is 12.3. The summed E-state index contributed by atoms with van der Waals surface area (Å²) in [5, 5.41) is 5.92. The molecule has 1 heterocycles. The van der Waals surface area contributed by atoms with Gasteiger partial charge in [-0.15, -0.1) is 0 Å². The number of halogens is 2. The Morgan fingerprint density at radius 1 is 1.38 bits per heavy atom. The van der Waals surface area contributed by atoms with Gasteiger partial charge in [0.15, 0.2) is 0 Å². The van der Waals surface area contributed by atoms with Gasteiger partial charge in [0.1, 0.15) is 12.4 Å². The molecule has 2 amide bonds. The second kappa shape index (κ2) is 8.39. The molecule has 0 aromatic heterocycles. The fraction of sp³-hybridized carbons (Fsp3) is 0.375. The molecular formula is C16H18BrClN2O4. The summed E-state index contributed by atoms with van der Waals surface area (Å²) < 4.78 is 11.5. The lowest BCUT2D eigenvalue weighted by molar-refractivity contribution is -0.139. The highest BCUT2D eigenvalue weighted by Crippen LogP contribution is 2.28. The molecule has 0 saturated heterocycles. The first-order valence-corrected chi connectivity index (χ1v) is 8.68. The highest BCUT2D eigenvalue weighted by molar-refractivity contribution is 9.10. The van der Waals surface area contributed by atoms with Crippen LogP contribution in [-0.4, -0.2) is 31.3 Å². The van der Waals surface area contributed by atoms with Gasteiger partial charge in [0.25, 0.3) is 0 Å². The predicted octanol–water partition coefficient (Wildman–Crippen LogP) is 3.39. The number of urea groups is 1. The lowest BCUT2D eigenvalue weighted by Crippen LogP contribution is -2.51. The van der Waals surface area contributed by atoms with Crippen LogP contribution in [0.3, 0.4) is 0 Å². The molecule has 0 bridgehead atoms. The molecule has 0 spiro atoms. The maximum atomic E-state index is 12.3. The minimum absolute atomic E-state index is 0.0261. The van der Waals surface area contributed by atoms with Crippen molar-refractivity contribution in [2.45, 2.75) is 26.3 Å². The summed E-state index contributed by atoms with van der Waals surface area (Å²) in [6.45, 7) is 3.89. The molecule has 1 aromatic rings. The van der Waals surface area contributed by atoms with Gasteiger partial charge >= 0.3 is 12.0 Å². The smallest absolute Gasteiger partial charge is 0.338 e. The van der Waals surface area contributed by atoms with Gasteiger partial charge in [0.2, 0.25) is 0 Å². The van der Waals surface area contributed by atoms with Gasteiger partial charge in [0.05, 0.1) is 28.4 Å². The lowest BCUT2D eigenvalue weighted by atomic mass is 10.0. The SMILES string of the molecule is CCOC(=O)C1=C(COc2ccc(Cl)cc2Br)NC(=O)N[C@H]1CC. The van der Waals surface area contributed by atoms with Crippen LogP contribution in [0.4, 0.5) is 4.79 Å². The van der Waals surface area contributed by atoms with Gasteiger partial charge in [-0.25, -0.2) is 9.59 Å². The van der Waals surface area contributed by atoms with Gasteiger partial charge in [-0.3, -0.25) is 0 Å². The van der Waals surface area contributed by atoms with Crippen LogP contribution >= 0.6 is 27.5 Å². The summed E-state index contributed by atoms with van der Waals surface area (Å²) in [5.74, 6) is 0.0848. The molecule has 0 aliphatic carbocycles. The zero-order chi connectivity index (χ0) is 17.7. The van der Waals surface area contributed by atoms with Crippen LogP contribution in [0.25, 0.3) is 0 Å². The number of carbonyl (C=O) groups is 2. The third-order valence-corrected chi connectivity index (χ3v) is 4.27. The van der Waals surface area contributed by atoms with Crippen LogP contribution in [-0.2, 0) is 9.53 Å². The van der Waals surface area contributed by atoms with E-state index in [4.69, 9.17) is 21.1 Å². The van der Waals surface area contributed by atoms with E-state index >= 15 is 0 Å². The van der Waals surface area contributed by atoms with E-state index in [1.807, 2.05) is 6.92 Å². The van der Waals surface area contributed by atoms with E-state index in [0.29, 0.717) is 32.9 Å². The monoisotopic (exact) mass is 416 g/mol. The average Bonchev–Trinajstić information content (AvgIpc) is 2.53. The molecule has 130 valence electrons. The Bertz CT molecular complexity index is 678. The van der Waals surface area contributed by atoms with Crippen LogP contribution in [0.5, 0.6) is 5.75 Å². The third kappa shape index (κ3) is 4.42. The lowest BCUT2D eigenvalue weighted by Gasteiger charge is -2.28. The van der Waals surface area contributed by atoms with Crippen molar-refractivity contribution in [1.82, 2.24) is 10.6 Å². The van der Waals surface area contributed by atoms with Crippen LogP contribution in [0.15, 0.2) is 33.9 Å². The Hall–Kier alpha value is -1.73. The Morgan fingerprint density at radius 2 is 2.12 bits per heavy atom. The van der Waals surface area contributed by atoms with Gasteiger partial charge in [-0.1, -0.05) is 18.5 Å². The van der Waals surface area contributed by atoms with E-state index in [1.165, 1.54) is 0 Å². The average molecular weight is 418 g/mol. The number of carbonyl (C=O) groups excluding carboxylic acids is 2. The number of nitrogens with one attached hydrogen (secondary N) is 2. The number of hydrogen-bond donors (Lipinski definition) is 2. The standard InChI is InChI=1S/C16H18BrClN2O4/c1-3-11-14(15(21)23-4-2)12(20-16(22)19-11)8-24-13-6-5-9(18)7-10(13)17/h5-7,11H,3-4,8H2,1-2H3,(H2,19,20,22)/t11-/m0/s1. The Kier molecular flexibility index (Phi) is 6.51. The number of amides is 2. The van der Waals surface area contributed by atoms with E-state index in [2.05, 4.69) is 26.6 Å². The normalized spacial score (nSPS) is 17.2. The molecule has 1 atom stereocenters. The summed E-state index contributed by atoms with van der Waals surface area (Å²) in [4.78, 5) is 24.1. The van der Waals surface area contributed by atoms with Crippen LogP contribution in [0.2, 0.25) is 5.02 Å². The number of hydrogen-bond acceptors (Lipinski definition) is 4. The van der Waals surface area contributed by atoms with Crippen molar-refractivity contribution in [3.8, 4) is 5.75 Å². The topological polar surface area (TPSA) is 76.7 Å². The Morgan fingerprint density at radius 3 is 2.75 bits per heavy atom. The fourth-order valence-electron chi connectivity index (χ4n) is 2.32. The van der Waals surface area contributed by atoms with Gasteiger partial charge < -0.3 is 20.1 Å². The van der Waals surface area contributed by atoms with E-state index in [1.54, 1.807) is 25.1 Å². The molecule has 6 nitrogen and oxygen atoms in total. The molecular weight excluding hydrogens is 400 g/mol. The first-order valence-electron chi connectivity index (χ1n) is 7.51. The zero-order valence-corrected chi connectivity index (χ0v) is 15.7. The number of rotatable bonds is 6. The van der Waals surface area contributed by atoms with Crippen molar-refractivity contribution in [1.29, 1.82) is 0 Å². The molecule has 0 unspecified atom stereocenters. The van der Waals surface area contributed by atoms with Crippen molar-refractivity contribution in [3.05, 3.63) is 39.0 Å². The second-order valence-corrected chi connectivity index (χ2v) is 6.33. The number of esters is 1. The van der Waals surface area contributed by atoms with E-state index in [9.17, 15) is 9.59 Å². The molecule has 24 heavy (non-hydrogen) atoms. The number of ether oxygens (including phenoxy) is 2. The van der Waals surface area contributed by atoms with Crippen molar-refractivity contribution in [2.75, 3.05) is 13.2 Å². The maximum Gasteiger partial charge on any atom is 0.338 e. The molecule has 2 N–H and O–H groups in total. The van der Waals surface area contributed by atoms with Crippen LogP contribution < -0.4 is 15.4 Å². The summed E-state index contributed by atoms with van der Waals surface area (Å²) in [7, 11) is 0. The minimum Gasteiger partial charge on any atom is -0.486 e. The first kappa shape index (κ1) is 18.6. The summed E-state index contributed by atoms with van der Waals surface area (Å²) in [5.41, 5.74) is 0.773. The van der Waals surface area contributed by atoms with Gasteiger partial charge in [-0.2, -0.15) is 0 Å². The Labute approximate surface area is 153 Å². The molecule has 1 aliphatic heterocycles. The number of benzene rings is 1. The Balaban J connectivity index is 2.26. The molecule has 0 saturated carbocycles. The zero-order valence-electron chi connectivity index (χ0n) is 13.3. The van der Waals surface area contributed by atoms with Crippen LogP contribution in [0.1, 0.15) is 20.3 Å². The molecule has 0 radical (unpaired) electrons. The van der Waals surface area contributed by atoms with Crippen molar-refractivity contribution < 1.29 is 19.1 Å². The third-order valence-electron chi connectivity index (χ3n) is 3.41. The van der Waals surface area contributed by atoms with Crippen LogP contribution in [0, 0.1) is 0 Å². The van der Waals surface area contributed by atoms with Gasteiger partial charge in [-0.05, 0) is 47.5 Å². The van der Waals surface area contributed by atoms with Crippen molar-refractivity contribution in [3.63, 3.8) is 0 Å². The summed E-state index contributed by atoms with van der Waals surface area (Å²) >= 11 is 9.26.